The van der Waals surface area contributed by atoms with E-state index in [0.29, 0.717) is 17.0 Å². The van der Waals surface area contributed by atoms with Crippen LogP contribution in [0.25, 0.3) is 0 Å². The van der Waals surface area contributed by atoms with E-state index < -0.39 is 36.3 Å². The second kappa shape index (κ2) is 9.31. The molecular formula is C22H22N2O7S. The summed E-state index contributed by atoms with van der Waals surface area (Å²) in [5, 5.41) is 2.95. The van der Waals surface area contributed by atoms with E-state index in [2.05, 4.69) is 5.32 Å². The van der Waals surface area contributed by atoms with Crippen LogP contribution in [0.2, 0.25) is 0 Å². The minimum Gasteiger partial charge on any atom is -0.462 e. The van der Waals surface area contributed by atoms with E-state index in [4.69, 9.17) is 9.47 Å². The van der Waals surface area contributed by atoms with E-state index in [1.165, 1.54) is 36.6 Å². The van der Waals surface area contributed by atoms with Crippen LogP contribution in [0, 0.1) is 6.92 Å². The summed E-state index contributed by atoms with van der Waals surface area (Å²) in [5.74, 6) is -2.92. The number of rotatable bonds is 7. The summed E-state index contributed by atoms with van der Waals surface area (Å²) in [6.07, 6.45) is 0.593. The molecule has 0 saturated carbocycles. The molecule has 1 aliphatic rings. The van der Waals surface area contributed by atoms with Crippen LogP contribution >= 0.6 is 11.3 Å². The number of esters is 2. The third-order valence-electron chi connectivity index (χ3n) is 4.95. The third kappa shape index (κ3) is 4.26. The predicted octanol–water partition coefficient (Wildman–Crippen LogP) is 2.82. The van der Waals surface area contributed by atoms with Crippen molar-refractivity contribution in [2.45, 2.75) is 27.2 Å². The number of fused-ring (bicyclic) bond motifs is 1. The number of carbonyl (C=O) groups excluding carboxylic acids is 5. The Hall–Kier alpha value is -3.53. The summed E-state index contributed by atoms with van der Waals surface area (Å²) >= 11 is 1.25. The molecule has 9 nitrogen and oxygen atoms in total. The van der Waals surface area contributed by atoms with Gasteiger partial charge in [-0.2, -0.15) is 0 Å². The van der Waals surface area contributed by atoms with E-state index in [1.54, 1.807) is 6.92 Å². The number of carbonyl (C=O) groups is 5. The monoisotopic (exact) mass is 458 g/mol. The first-order valence-corrected chi connectivity index (χ1v) is 10.7. The van der Waals surface area contributed by atoms with E-state index in [-0.39, 0.29) is 23.3 Å². The Morgan fingerprint density at radius 2 is 1.72 bits per heavy atom. The van der Waals surface area contributed by atoms with Crippen LogP contribution in [-0.4, -0.2) is 54.8 Å². The first-order valence-electron chi connectivity index (χ1n) is 9.92. The molecule has 0 atom stereocenters. The van der Waals surface area contributed by atoms with Crippen molar-refractivity contribution in [1.29, 1.82) is 0 Å². The van der Waals surface area contributed by atoms with E-state index >= 15 is 0 Å². The largest absolute Gasteiger partial charge is 0.462 e. The van der Waals surface area contributed by atoms with Gasteiger partial charge in [0, 0.05) is 11.9 Å². The Kier molecular flexibility index (Phi) is 6.73. The average Bonchev–Trinajstić information content (AvgIpc) is 3.20. The molecule has 2 heterocycles. The molecule has 0 radical (unpaired) electrons. The van der Waals surface area contributed by atoms with Crippen molar-refractivity contribution in [2.75, 3.05) is 25.6 Å². The van der Waals surface area contributed by atoms with Crippen LogP contribution in [0.15, 0.2) is 18.2 Å². The smallest absolute Gasteiger partial charge is 0.341 e. The summed E-state index contributed by atoms with van der Waals surface area (Å²) < 4.78 is 10.1. The van der Waals surface area contributed by atoms with Gasteiger partial charge < -0.3 is 14.8 Å². The van der Waals surface area contributed by atoms with Crippen molar-refractivity contribution in [3.63, 3.8) is 0 Å². The predicted molar refractivity (Wildman–Crippen MR) is 116 cm³/mol. The van der Waals surface area contributed by atoms with E-state index in [9.17, 15) is 24.0 Å². The Bertz CT molecular complexity index is 1140. The molecule has 0 aliphatic carbocycles. The minimum absolute atomic E-state index is 0.0421. The third-order valence-corrected chi connectivity index (χ3v) is 6.02. The molecule has 0 spiro atoms. The number of ether oxygens (including phenoxy) is 2. The van der Waals surface area contributed by atoms with E-state index in [0.717, 1.165) is 15.3 Å². The van der Waals surface area contributed by atoms with Gasteiger partial charge in [0.2, 0.25) is 0 Å². The molecule has 0 unspecified atom stereocenters. The maximum atomic E-state index is 12.4. The van der Waals surface area contributed by atoms with Gasteiger partial charge in [0.15, 0.2) is 6.61 Å². The fourth-order valence-corrected chi connectivity index (χ4v) is 4.53. The first kappa shape index (κ1) is 23.1. The molecule has 0 fully saturated rings. The van der Waals surface area contributed by atoms with Crippen molar-refractivity contribution >= 4 is 46.0 Å². The molecule has 1 aromatic carbocycles. The highest BCUT2D eigenvalue weighted by molar-refractivity contribution is 7.16. The summed E-state index contributed by atoms with van der Waals surface area (Å²) in [4.78, 5) is 63.0. The minimum atomic E-state index is -0.819. The van der Waals surface area contributed by atoms with Crippen molar-refractivity contribution in [2.24, 2.45) is 0 Å². The summed E-state index contributed by atoms with van der Waals surface area (Å²) in [7, 11) is 1.35. The zero-order valence-corrected chi connectivity index (χ0v) is 18.9. The number of nitrogens with zero attached hydrogens (tertiary/aromatic N) is 1. The molecule has 3 rings (SSSR count). The van der Waals surface area contributed by atoms with Crippen LogP contribution in [-0.2, 0) is 20.7 Å². The van der Waals surface area contributed by atoms with Crippen LogP contribution < -0.4 is 5.32 Å². The second-order valence-electron chi connectivity index (χ2n) is 6.97. The zero-order valence-electron chi connectivity index (χ0n) is 18.1. The summed E-state index contributed by atoms with van der Waals surface area (Å²) in [6.45, 7) is 5.05. The van der Waals surface area contributed by atoms with Gasteiger partial charge in [-0.15, -0.1) is 11.3 Å². The normalized spacial score (nSPS) is 12.6. The highest BCUT2D eigenvalue weighted by Gasteiger charge is 2.33. The van der Waals surface area contributed by atoms with Crippen LogP contribution in [0.1, 0.15) is 65.7 Å². The highest BCUT2D eigenvalue weighted by Crippen LogP contribution is 2.34. The highest BCUT2D eigenvalue weighted by atomic mass is 32.1. The molecule has 1 N–H and O–H groups in total. The fourth-order valence-electron chi connectivity index (χ4n) is 3.38. The van der Waals surface area contributed by atoms with Crippen molar-refractivity contribution in [3.05, 3.63) is 50.9 Å². The van der Waals surface area contributed by atoms with Gasteiger partial charge in [-0.3, -0.25) is 19.3 Å². The maximum Gasteiger partial charge on any atom is 0.341 e. The second-order valence-corrected chi connectivity index (χ2v) is 8.19. The quantitative estimate of drug-likeness (QED) is 0.500. The molecule has 0 bridgehead atoms. The van der Waals surface area contributed by atoms with Crippen LogP contribution in [0.4, 0.5) is 5.00 Å². The molecule has 168 valence electrons. The summed E-state index contributed by atoms with van der Waals surface area (Å²) in [6, 6.07) is 4.01. The number of anilines is 1. The zero-order chi connectivity index (χ0) is 23.6. The number of amides is 3. The molecule has 10 heteroatoms. The van der Waals surface area contributed by atoms with Crippen molar-refractivity contribution < 1.29 is 33.4 Å². The number of hydrogen-bond donors (Lipinski definition) is 1. The molecule has 32 heavy (non-hydrogen) atoms. The van der Waals surface area contributed by atoms with Gasteiger partial charge in [-0.05, 0) is 44.0 Å². The molecule has 1 aliphatic heterocycles. The van der Waals surface area contributed by atoms with Gasteiger partial charge in [-0.25, -0.2) is 9.59 Å². The fraction of sp³-hybridized carbons (Fsp3) is 0.318. The lowest BCUT2D eigenvalue weighted by atomic mass is 10.1. The molecule has 2 aromatic rings. The average molecular weight is 458 g/mol. The topological polar surface area (TPSA) is 119 Å². The maximum absolute atomic E-state index is 12.4. The lowest BCUT2D eigenvalue weighted by Gasteiger charge is -2.09. The van der Waals surface area contributed by atoms with Crippen LogP contribution in [0.3, 0.4) is 0 Å². The number of nitrogens with one attached hydrogen (secondary N) is 1. The van der Waals surface area contributed by atoms with Gasteiger partial charge >= 0.3 is 11.9 Å². The first-order chi connectivity index (χ1) is 15.2. The Labute approximate surface area is 188 Å². The van der Waals surface area contributed by atoms with Gasteiger partial charge in [-0.1, -0.05) is 6.92 Å². The Morgan fingerprint density at radius 3 is 2.38 bits per heavy atom. The number of aryl methyl sites for hydroxylation is 1. The SMILES string of the molecule is CCOC(=O)c1c(NC(=O)COC(=O)c2ccc3c(c2)C(=O)N(C)C3=O)sc(C)c1CC. The van der Waals surface area contributed by atoms with Crippen molar-refractivity contribution in [1.82, 2.24) is 4.90 Å². The lowest BCUT2D eigenvalue weighted by molar-refractivity contribution is -0.119. The number of imide groups is 1. The Balaban J connectivity index is 1.69. The van der Waals surface area contributed by atoms with Gasteiger partial charge in [0.1, 0.15) is 5.00 Å². The molecule has 3 amide bonds. The lowest BCUT2D eigenvalue weighted by Crippen LogP contribution is -2.24. The van der Waals surface area contributed by atoms with Crippen LogP contribution in [0.5, 0.6) is 0 Å². The Morgan fingerprint density at radius 1 is 1.03 bits per heavy atom. The molecule has 1 aromatic heterocycles. The number of benzene rings is 1. The number of thiophene rings is 1. The van der Waals surface area contributed by atoms with Gasteiger partial charge in [0.25, 0.3) is 17.7 Å². The molecular weight excluding hydrogens is 436 g/mol. The number of hydrogen-bond acceptors (Lipinski definition) is 8. The van der Waals surface area contributed by atoms with Gasteiger partial charge in [0.05, 0.1) is 28.9 Å². The van der Waals surface area contributed by atoms with E-state index in [1.807, 2.05) is 13.8 Å². The molecule has 0 saturated heterocycles. The van der Waals surface area contributed by atoms with Crippen molar-refractivity contribution in [3.8, 4) is 0 Å². The standard InChI is InChI=1S/C22H22N2O7S/c1-5-13-11(3)32-18(17(13)22(29)30-6-2)23-16(25)10-31-21(28)12-7-8-14-15(9-12)20(27)24(4)19(14)26/h7-9H,5-6,10H2,1-4H3,(H,23,25). The summed E-state index contributed by atoms with van der Waals surface area (Å²) in [5.41, 5.74) is 1.46.